The van der Waals surface area contributed by atoms with Gasteiger partial charge in [0.1, 0.15) is 0 Å². The number of benzene rings is 1. The van der Waals surface area contributed by atoms with Gasteiger partial charge in [-0.3, -0.25) is 4.79 Å². The molecule has 0 saturated carbocycles. The van der Waals surface area contributed by atoms with Gasteiger partial charge in [-0.1, -0.05) is 25.1 Å². The largest absolute Gasteiger partial charge is 0.335 e. The highest BCUT2D eigenvalue weighted by Gasteiger charge is 2.13. The molecule has 0 saturated heterocycles. The minimum Gasteiger partial charge on any atom is -0.335 e. The molecule has 1 aromatic carbocycles. The predicted molar refractivity (Wildman–Crippen MR) is 75.6 cm³/mol. The van der Waals surface area contributed by atoms with Gasteiger partial charge in [-0.2, -0.15) is 0 Å². The molecule has 1 aromatic rings. The standard InChI is InChI=1S/C15H22N2O/c1-3-11-17(12-4-2)15(18)14-7-5-13(6-8-14)9-10-16/h3,5-8H,1,4,9-12,16H2,2H3. The van der Waals surface area contributed by atoms with E-state index in [2.05, 4.69) is 13.5 Å². The maximum atomic E-state index is 12.2. The Morgan fingerprint density at radius 2 is 2.06 bits per heavy atom. The van der Waals surface area contributed by atoms with E-state index in [-0.39, 0.29) is 5.91 Å². The average Bonchev–Trinajstić information content (AvgIpc) is 2.39. The molecule has 0 aromatic heterocycles. The third kappa shape index (κ3) is 4.00. The van der Waals surface area contributed by atoms with Crippen LogP contribution in [0.1, 0.15) is 29.3 Å². The number of carbonyl (C=O) groups excluding carboxylic acids is 1. The number of hydrogen-bond donors (Lipinski definition) is 1. The summed E-state index contributed by atoms with van der Waals surface area (Å²) in [4.78, 5) is 14.1. The number of hydrogen-bond acceptors (Lipinski definition) is 2. The Labute approximate surface area is 109 Å². The van der Waals surface area contributed by atoms with Gasteiger partial charge in [0.15, 0.2) is 0 Å². The van der Waals surface area contributed by atoms with Gasteiger partial charge < -0.3 is 10.6 Å². The van der Waals surface area contributed by atoms with Crippen LogP contribution in [0, 0.1) is 0 Å². The molecule has 18 heavy (non-hydrogen) atoms. The van der Waals surface area contributed by atoms with Crippen LogP contribution < -0.4 is 5.73 Å². The zero-order chi connectivity index (χ0) is 13.4. The van der Waals surface area contributed by atoms with Gasteiger partial charge in [-0.05, 0) is 37.1 Å². The van der Waals surface area contributed by atoms with Gasteiger partial charge in [0.25, 0.3) is 5.91 Å². The molecule has 0 aliphatic carbocycles. The molecule has 0 atom stereocenters. The van der Waals surface area contributed by atoms with Gasteiger partial charge in [-0.25, -0.2) is 0 Å². The summed E-state index contributed by atoms with van der Waals surface area (Å²) in [7, 11) is 0. The molecule has 0 unspecified atom stereocenters. The second-order valence-electron chi connectivity index (χ2n) is 4.28. The highest BCUT2D eigenvalue weighted by Crippen LogP contribution is 2.09. The monoisotopic (exact) mass is 246 g/mol. The van der Waals surface area contributed by atoms with Crippen molar-refractivity contribution in [1.29, 1.82) is 0 Å². The third-order valence-corrected chi connectivity index (χ3v) is 2.76. The fraction of sp³-hybridized carbons (Fsp3) is 0.400. The highest BCUT2D eigenvalue weighted by molar-refractivity contribution is 5.94. The molecular formula is C15H22N2O. The lowest BCUT2D eigenvalue weighted by Gasteiger charge is -2.20. The van der Waals surface area contributed by atoms with Gasteiger partial charge >= 0.3 is 0 Å². The quantitative estimate of drug-likeness (QED) is 0.750. The SMILES string of the molecule is C=CCN(CCC)C(=O)c1ccc(CCN)cc1. The average molecular weight is 246 g/mol. The van der Waals surface area contributed by atoms with E-state index in [0.29, 0.717) is 13.1 Å². The maximum Gasteiger partial charge on any atom is 0.254 e. The Hall–Kier alpha value is -1.61. The summed E-state index contributed by atoms with van der Waals surface area (Å²) in [5, 5.41) is 0. The van der Waals surface area contributed by atoms with E-state index in [1.807, 2.05) is 29.2 Å². The van der Waals surface area contributed by atoms with E-state index in [0.717, 1.165) is 24.9 Å². The van der Waals surface area contributed by atoms with Crippen molar-refractivity contribution in [3.63, 3.8) is 0 Å². The van der Waals surface area contributed by atoms with Crippen molar-refractivity contribution in [3.8, 4) is 0 Å². The molecule has 1 amide bonds. The molecule has 1 rings (SSSR count). The van der Waals surface area contributed by atoms with Crippen LogP contribution >= 0.6 is 0 Å². The van der Waals surface area contributed by atoms with Crippen LogP contribution in [-0.4, -0.2) is 30.4 Å². The molecule has 0 aliphatic rings. The molecule has 2 N–H and O–H groups in total. The molecule has 3 heteroatoms. The summed E-state index contributed by atoms with van der Waals surface area (Å²) in [6.07, 6.45) is 3.56. The molecule has 0 heterocycles. The van der Waals surface area contributed by atoms with Crippen LogP contribution in [0.15, 0.2) is 36.9 Å². The van der Waals surface area contributed by atoms with Gasteiger partial charge in [0, 0.05) is 18.7 Å². The first kappa shape index (κ1) is 14.5. The van der Waals surface area contributed by atoms with Crippen molar-refractivity contribution in [2.24, 2.45) is 5.73 Å². The Bertz CT molecular complexity index is 384. The van der Waals surface area contributed by atoms with Crippen LogP contribution in [0.2, 0.25) is 0 Å². The number of nitrogens with zero attached hydrogens (tertiary/aromatic N) is 1. The summed E-state index contributed by atoms with van der Waals surface area (Å²) in [6, 6.07) is 7.69. The topological polar surface area (TPSA) is 46.3 Å². The molecule has 0 bridgehead atoms. The zero-order valence-electron chi connectivity index (χ0n) is 11.1. The van der Waals surface area contributed by atoms with Crippen molar-refractivity contribution in [2.75, 3.05) is 19.6 Å². The molecule has 3 nitrogen and oxygen atoms in total. The van der Waals surface area contributed by atoms with Gasteiger partial charge in [-0.15, -0.1) is 6.58 Å². The van der Waals surface area contributed by atoms with E-state index < -0.39 is 0 Å². The minimum atomic E-state index is 0.0658. The summed E-state index contributed by atoms with van der Waals surface area (Å²) in [5.41, 5.74) is 7.39. The van der Waals surface area contributed by atoms with Crippen LogP contribution in [0.3, 0.4) is 0 Å². The van der Waals surface area contributed by atoms with Crippen molar-refractivity contribution in [2.45, 2.75) is 19.8 Å². The Morgan fingerprint density at radius 3 is 2.56 bits per heavy atom. The van der Waals surface area contributed by atoms with Crippen LogP contribution in [0.5, 0.6) is 0 Å². The minimum absolute atomic E-state index is 0.0658. The summed E-state index contributed by atoms with van der Waals surface area (Å²) < 4.78 is 0. The molecule has 0 aliphatic heterocycles. The van der Waals surface area contributed by atoms with Gasteiger partial charge in [0.2, 0.25) is 0 Å². The number of nitrogens with two attached hydrogens (primary N) is 1. The lowest BCUT2D eigenvalue weighted by Crippen LogP contribution is -2.31. The normalized spacial score (nSPS) is 10.1. The number of carbonyl (C=O) groups is 1. The van der Waals surface area contributed by atoms with Crippen LogP contribution in [0.25, 0.3) is 0 Å². The third-order valence-electron chi connectivity index (χ3n) is 2.76. The summed E-state index contributed by atoms with van der Waals surface area (Å²) >= 11 is 0. The van der Waals surface area contributed by atoms with E-state index in [9.17, 15) is 4.79 Å². The smallest absolute Gasteiger partial charge is 0.254 e. The van der Waals surface area contributed by atoms with Crippen molar-refractivity contribution in [1.82, 2.24) is 4.90 Å². The Kier molecular flexibility index (Phi) is 6.15. The van der Waals surface area contributed by atoms with Crippen LogP contribution in [0.4, 0.5) is 0 Å². The fourth-order valence-electron chi connectivity index (χ4n) is 1.86. The zero-order valence-corrected chi connectivity index (χ0v) is 11.1. The maximum absolute atomic E-state index is 12.2. The molecular weight excluding hydrogens is 224 g/mol. The Morgan fingerprint density at radius 1 is 1.39 bits per heavy atom. The highest BCUT2D eigenvalue weighted by atomic mass is 16.2. The first-order valence-corrected chi connectivity index (χ1v) is 6.42. The summed E-state index contributed by atoms with van der Waals surface area (Å²) in [6.45, 7) is 7.74. The van der Waals surface area contributed by atoms with E-state index >= 15 is 0 Å². The van der Waals surface area contributed by atoms with Crippen molar-refractivity contribution >= 4 is 5.91 Å². The lowest BCUT2D eigenvalue weighted by molar-refractivity contribution is 0.0774. The fourth-order valence-corrected chi connectivity index (χ4v) is 1.86. The first-order chi connectivity index (χ1) is 8.72. The second kappa shape index (κ2) is 7.67. The van der Waals surface area contributed by atoms with E-state index in [1.54, 1.807) is 6.08 Å². The van der Waals surface area contributed by atoms with E-state index in [4.69, 9.17) is 5.73 Å². The number of rotatable bonds is 7. The summed E-state index contributed by atoms with van der Waals surface area (Å²) in [5.74, 6) is 0.0658. The molecule has 0 spiro atoms. The molecule has 0 radical (unpaired) electrons. The van der Waals surface area contributed by atoms with Crippen molar-refractivity contribution < 1.29 is 4.79 Å². The molecule has 98 valence electrons. The number of amides is 1. The van der Waals surface area contributed by atoms with E-state index in [1.165, 1.54) is 5.56 Å². The Balaban J connectivity index is 2.77. The van der Waals surface area contributed by atoms with Crippen molar-refractivity contribution in [3.05, 3.63) is 48.0 Å². The molecule has 0 fully saturated rings. The predicted octanol–water partition coefficient (Wildman–Crippen LogP) is 2.23. The lowest BCUT2D eigenvalue weighted by atomic mass is 10.1. The second-order valence-corrected chi connectivity index (χ2v) is 4.28. The van der Waals surface area contributed by atoms with Gasteiger partial charge in [0.05, 0.1) is 0 Å². The first-order valence-electron chi connectivity index (χ1n) is 6.42. The van der Waals surface area contributed by atoms with Crippen LogP contribution in [-0.2, 0) is 6.42 Å².